The molecule has 0 atom stereocenters. The molecule has 1 saturated heterocycles. The Morgan fingerprint density at radius 3 is 2.55 bits per heavy atom. The highest BCUT2D eigenvalue weighted by atomic mass is 32.2. The van der Waals surface area contributed by atoms with Crippen molar-refractivity contribution in [1.29, 1.82) is 0 Å². The average molecular weight is 413 g/mol. The molecule has 0 aliphatic carbocycles. The van der Waals surface area contributed by atoms with E-state index >= 15 is 0 Å². The molecule has 152 valence electrons. The summed E-state index contributed by atoms with van der Waals surface area (Å²) in [7, 11) is 0. The molecule has 1 aromatic heterocycles. The van der Waals surface area contributed by atoms with Gasteiger partial charge in [0.15, 0.2) is 5.17 Å². The van der Waals surface area contributed by atoms with Crippen LogP contribution in [-0.2, 0) is 4.79 Å². The number of hydrogen-bond donors (Lipinski definition) is 0. The van der Waals surface area contributed by atoms with Crippen LogP contribution in [0.3, 0.4) is 0 Å². The first kappa shape index (κ1) is 20.9. The van der Waals surface area contributed by atoms with Crippen LogP contribution in [0.25, 0.3) is 17.4 Å². The standard InChI is InChI=1S/C21H23N3O4S/c1-12(2)22-21-23(13(3)4)20(25)19(29-21)11-16-8-9-18(28-16)17-10-15(24(26)27)7-6-14(17)5/h6-13H,1-5H3/b19-11+,22-21?. The van der Waals surface area contributed by atoms with Crippen molar-refractivity contribution in [1.82, 2.24) is 4.90 Å². The number of aliphatic imine (C=N–C) groups is 1. The van der Waals surface area contributed by atoms with Crippen LogP contribution in [-0.4, -0.2) is 33.0 Å². The second-order valence-corrected chi connectivity index (χ2v) is 8.35. The van der Waals surface area contributed by atoms with E-state index in [1.54, 1.807) is 29.2 Å². The van der Waals surface area contributed by atoms with Gasteiger partial charge in [-0.05, 0) is 64.1 Å². The van der Waals surface area contributed by atoms with Crippen molar-refractivity contribution >= 4 is 34.6 Å². The summed E-state index contributed by atoms with van der Waals surface area (Å²) in [6, 6.07) is 8.25. The van der Waals surface area contributed by atoms with Gasteiger partial charge in [0, 0.05) is 35.9 Å². The smallest absolute Gasteiger partial charge is 0.270 e. The van der Waals surface area contributed by atoms with E-state index in [0.717, 1.165) is 5.56 Å². The largest absolute Gasteiger partial charge is 0.457 e. The monoisotopic (exact) mass is 413 g/mol. The van der Waals surface area contributed by atoms with Gasteiger partial charge in [-0.1, -0.05) is 6.07 Å². The van der Waals surface area contributed by atoms with Gasteiger partial charge < -0.3 is 4.42 Å². The normalized spacial score (nSPS) is 17.3. The van der Waals surface area contributed by atoms with E-state index in [0.29, 0.717) is 27.2 Å². The van der Waals surface area contributed by atoms with Crippen molar-refractivity contribution in [2.24, 2.45) is 4.99 Å². The lowest BCUT2D eigenvalue weighted by molar-refractivity contribution is -0.384. The Labute approximate surface area is 173 Å². The molecule has 1 amide bonds. The lowest BCUT2D eigenvalue weighted by Crippen LogP contribution is -2.35. The molecule has 1 aliphatic heterocycles. The SMILES string of the molecule is Cc1ccc([N+](=O)[O-])cc1-c1ccc(/C=C2/SC(=NC(C)C)N(C(C)C)C2=O)o1. The molecule has 0 N–H and O–H groups in total. The van der Waals surface area contributed by atoms with Gasteiger partial charge in [-0.3, -0.25) is 24.8 Å². The third-order valence-corrected chi connectivity index (χ3v) is 5.32. The summed E-state index contributed by atoms with van der Waals surface area (Å²) in [5.41, 5.74) is 1.53. The molecule has 0 spiro atoms. The quantitative estimate of drug-likeness (QED) is 0.379. The molecule has 29 heavy (non-hydrogen) atoms. The number of aryl methyl sites for hydroxylation is 1. The van der Waals surface area contributed by atoms with Crippen LogP contribution in [0, 0.1) is 17.0 Å². The average Bonchev–Trinajstić information content (AvgIpc) is 3.20. The van der Waals surface area contributed by atoms with E-state index in [-0.39, 0.29) is 23.7 Å². The van der Waals surface area contributed by atoms with Crippen LogP contribution in [0.4, 0.5) is 5.69 Å². The number of amides is 1. The van der Waals surface area contributed by atoms with Gasteiger partial charge in [0.25, 0.3) is 11.6 Å². The topological polar surface area (TPSA) is 89.0 Å². The number of benzene rings is 1. The minimum absolute atomic E-state index is 0.00178. The van der Waals surface area contributed by atoms with Crippen molar-refractivity contribution in [2.45, 2.75) is 46.7 Å². The molecule has 1 fully saturated rings. The van der Waals surface area contributed by atoms with Crippen LogP contribution >= 0.6 is 11.8 Å². The zero-order valence-corrected chi connectivity index (χ0v) is 17.8. The molecule has 7 nitrogen and oxygen atoms in total. The number of nitrogens with zero attached hydrogens (tertiary/aromatic N) is 3. The number of non-ortho nitro benzene ring substituents is 1. The highest BCUT2D eigenvalue weighted by molar-refractivity contribution is 8.18. The Morgan fingerprint density at radius 2 is 1.93 bits per heavy atom. The fraction of sp³-hybridized carbons (Fsp3) is 0.333. The molecule has 0 bridgehead atoms. The summed E-state index contributed by atoms with van der Waals surface area (Å²) in [6.45, 7) is 9.71. The highest BCUT2D eigenvalue weighted by Crippen LogP contribution is 2.35. The lowest BCUT2D eigenvalue weighted by atomic mass is 10.1. The lowest BCUT2D eigenvalue weighted by Gasteiger charge is -2.20. The second kappa shape index (κ2) is 8.24. The van der Waals surface area contributed by atoms with Crippen molar-refractivity contribution in [3.63, 3.8) is 0 Å². The number of thioether (sulfide) groups is 1. The molecule has 3 rings (SSSR count). The Kier molecular flexibility index (Phi) is 5.93. The van der Waals surface area contributed by atoms with Crippen molar-refractivity contribution in [3.8, 4) is 11.3 Å². The number of hydrogen-bond acceptors (Lipinski definition) is 6. The van der Waals surface area contributed by atoms with Gasteiger partial charge in [-0.2, -0.15) is 0 Å². The zero-order chi connectivity index (χ0) is 21.3. The van der Waals surface area contributed by atoms with Gasteiger partial charge in [0.05, 0.1) is 9.83 Å². The van der Waals surface area contributed by atoms with Crippen molar-refractivity contribution in [2.75, 3.05) is 0 Å². The van der Waals surface area contributed by atoms with Crippen LogP contribution in [0.15, 0.2) is 44.6 Å². The molecule has 8 heteroatoms. The summed E-state index contributed by atoms with van der Waals surface area (Å²) < 4.78 is 5.88. The molecular weight excluding hydrogens is 390 g/mol. The minimum Gasteiger partial charge on any atom is -0.457 e. The van der Waals surface area contributed by atoms with Crippen LogP contribution < -0.4 is 0 Å². The van der Waals surface area contributed by atoms with Gasteiger partial charge in [0.2, 0.25) is 0 Å². The highest BCUT2D eigenvalue weighted by Gasteiger charge is 2.35. The predicted octanol–water partition coefficient (Wildman–Crippen LogP) is 5.25. The maximum atomic E-state index is 12.8. The molecule has 0 unspecified atom stereocenters. The number of amidine groups is 1. The summed E-state index contributed by atoms with van der Waals surface area (Å²) in [6.07, 6.45) is 1.70. The summed E-state index contributed by atoms with van der Waals surface area (Å²) >= 11 is 1.33. The van der Waals surface area contributed by atoms with Gasteiger partial charge in [0.1, 0.15) is 11.5 Å². The van der Waals surface area contributed by atoms with Crippen molar-refractivity contribution < 1.29 is 14.1 Å². The van der Waals surface area contributed by atoms with E-state index in [1.807, 2.05) is 34.6 Å². The Balaban J connectivity index is 1.94. The fourth-order valence-corrected chi connectivity index (χ4v) is 4.16. The minimum atomic E-state index is -0.432. The third-order valence-electron chi connectivity index (χ3n) is 4.32. The zero-order valence-electron chi connectivity index (χ0n) is 17.0. The molecule has 0 radical (unpaired) electrons. The third kappa shape index (κ3) is 4.42. The Bertz CT molecular complexity index is 1020. The van der Waals surface area contributed by atoms with Crippen LogP contribution in [0.1, 0.15) is 39.0 Å². The molecule has 2 heterocycles. The van der Waals surface area contributed by atoms with Crippen LogP contribution in [0.5, 0.6) is 0 Å². The molecule has 0 saturated carbocycles. The summed E-state index contributed by atoms with van der Waals surface area (Å²) in [5, 5.41) is 11.8. The molecular formula is C21H23N3O4S. The number of carbonyl (C=O) groups is 1. The van der Waals surface area contributed by atoms with Gasteiger partial charge in [-0.25, -0.2) is 0 Å². The number of carbonyl (C=O) groups excluding carboxylic acids is 1. The first-order valence-electron chi connectivity index (χ1n) is 9.33. The number of rotatable bonds is 5. The maximum absolute atomic E-state index is 12.8. The van der Waals surface area contributed by atoms with Gasteiger partial charge >= 0.3 is 0 Å². The predicted molar refractivity (Wildman–Crippen MR) is 116 cm³/mol. The summed E-state index contributed by atoms with van der Waals surface area (Å²) in [5.74, 6) is 0.926. The van der Waals surface area contributed by atoms with E-state index in [4.69, 9.17) is 4.42 Å². The maximum Gasteiger partial charge on any atom is 0.270 e. The molecule has 2 aromatic rings. The van der Waals surface area contributed by atoms with E-state index < -0.39 is 4.92 Å². The van der Waals surface area contributed by atoms with E-state index in [2.05, 4.69) is 4.99 Å². The van der Waals surface area contributed by atoms with Crippen molar-refractivity contribution in [3.05, 3.63) is 56.7 Å². The number of furan rings is 1. The molecule has 1 aliphatic rings. The number of nitro benzene ring substituents is 1. The first-order valence-corrected chi connectivity index (χ1v) is 10.1. The second-order valence-electron chi connectivity index (χ2n) is 7.34. The molecule has 1 aromatic carbocycles. The van der Waals surface area contributed by atoms with Crippen LogP contribution in [0.2, 0.25) is 0 Å². The fourth-order valence-electron chi connectivity index (χ4n) is 2.95. The Hall–Kier alpha value is -2.87. The number of nitro groups is 1. The van der Waals surface area contributed by atoms with E-state index in [1.165, 1.54) is 23.9 Å². The summed E-state index contributed by atoms with van der Waals surface area (Å²) in [4.78, 5) is 30.3. The van der Waals surface area contributed by atoms with E-state index in [9.17, 15) is 14.9 Å². The Morgan fingerprint density at radius 1 is 1.21 bits per heavy atom. The first-order chi connectivity index (χ1) is 13.7. The van der Waals surface area contributed by atoms with Gasteiger partial charge in [-0.15, -0.1) is 0 Å².